The second-order valence-electron chi connectivity index (χ2n) is 4.94. The van der Waals surface area contributed by atoms with Crippen molar-refractivity contribution in [3.8, 4) is 0 Å². The van der Waals surface area contributed by atoms with Gasteiger partial charge in [0.2, 0.25) is 5.91 Å². The fourth-order valence-electron chi connectivity index (χ4n) is 2.23. The number of benzene rings is 1. The Bertz CT molecular complexity index is 456. The van der Waals surface area contributed by atoms with Gasteiger partial charge < -0.3 is 10.6 Å². The van der Waals surface area contributed by atoms with Gasteiger partial charge in [0.1, 0.15) is 0 Å². The van der Waals surface area contributed by atoms with Crippen molar-refractivity contribution in [2.24, 2.45) is 5.92 Å². The third-order valence-corrected chi connectivity index (χ3v) is 3.46. The molecule has 1 heterocycles. The summed E-state index contributed by atoms with van der Waals surface area (Å²) >= 11 is 0. The molecule has 0 atom stereocenters. The summed E-state index contributed by atoms with van der Waals surface area (Å²) in [6, 6.07) is 4.86. The summed E-state index contributed by atoms with van der Waals surface area (Å²) in [7, 11) is 0. The molecule has 1 aliphatic heterocycles. The SMILES string of the molecule is Cl.O=C(NCc1ccc(C(F)(F)F)cc1)C1CCNCC1. The molecule has 1 fully saturated rings. The minimum Gasteiger partial charge on any atom is -0.352 e. The van der Waals surface area contributed by atoms with Gasteiger partial charge in [-0.1, -0.05) is 12.1 Å². The topological polar surface area (TPSA) is 41.1 Å². The van der Waals surface area contributed by atoms with Crippen molar-refractivity contribution in [1.29, 1.82) is 0 Å². The first-order chi connectivity index (χ1) is 9.47. The number of piperidine rings is 1. The van der Waals surface area contributed by atoms with Crippen LogP contribution < -0.4 is 10.6 Å². The van der Waals surface area contributed by atoms with E-state index in [1.807, 2.05) is 0 Å². The molecule has 2 N–H and O–H groups in total. The maximum atomic E-state index is 12.4. The molecule has 118 valence electrons. The molecule has 21 heavy (non-hydrogen) atoms. The molecule has 0 unspecified atom stereocenters. The predicted molar refractivity (Wildman–Crippen MR) is 76.1 cm³/mol. The Kier molecular flexibility index (Phi) is 6.48. The van der Waals surface area contributed by atoms with Crippen LogP contribution in [0.3, 0.4) is 0 Å². The molecule has 0 aliphatic carbocycles. The predicted octanol–water partition coefficient (Wildman–Crippen LogP) is 2.74. The Hall–Kier alpha value is -1.27. The van der Waals surface area contributed by atoms with Crippen LogP contribution in [-0.2, 0) is 17.5 Å². The maximum Gasteiger partial charge on any atom is 0.416 e. The van der Waals surface area contributed by atoms with Crippen LogP contribution in [0, 0.1) is 5.92 Å². The number of alkyl halides is 3. The summed E-state index contributed by atoms with van der Waals surface area (Å²) in [5, 5.41) is 5.96. The summed E-state index contributed by atoms with van der Waals surface area (Å²) in [4.78, 5) is 11.9. The largest absolute Gasteiger partial charge is 0.416 e. The minimum absolute atomic E-state index is 0. The molecular formula is C14H18ClF3N2O. The summed E-state index contributed by atoms with van der Waals surface area (Å²) in [5.41, 5.74) is -0.00813. The van der Waals surface area contributed by atoms with Crippen molar-refractivity contribution in [1.82, 2.24) is 10.6 Å². The normalized spacial score (nSPS) is 16.1. The number of hydrogen-bond donors (Lipinski definition) is 2. The third-order valence-electron chi connectivity index (χ3n) is 3.46. The van der Waals surface area contributed by atoms with Gasteiger partial charge in [0.15, 0.2) is 0 Å². The van der Waals surface area contributed by atoms with E-state index >= 15 is 0 Å². The van der Waals surface area contributed by atoms with E-state index in [0.29, 0.717) is 5.56 Å². The smallest absolute Gasteiger partial charge is 0.352 e. The lowest BCUT2D eigenvalue weighted by molar-refractivity contribution is -0.137. The zero-order valence-electron chi connectivity index (χ0n) is 11.4. The first-order valence-corrected chi connectivity index (χ1v) is 6.61. The molecule has 1 saturated heterocycles. The highest BCUT2D eigenvalue weighted by Crippen LogP contribution is 2.29. The van der Waals surface area contributed by atoms with E-state index in [0.717, 1.165) is 38.1 Å². The number of carbonyl (C=O) groups excluding carboxylic acids is 1. The molecule has 3 nitrogen and oxygen atoms in total. The average molecular weight is 323 g/mol. The number of carbonyl (C=O) groups is 1. The first-order valence-electron chi connectivity index (χ1n) is 6.61. The van der Waals surface area contributed by atoms with Gasteiger partial charge in [0.05, 0.1) is 5.56 Å². The molecule has 0 saturated carbocycles. The number of rotatable bonds is 3. The van der Waals surface area contributed by atoms with E-state index in [9.17, 15) is 18.0 Å². The molecule has 0 aromatic heterocycles. The van der Waals surface area contributed by atoms with E-state index in [1.54, 1.807) is 0 Å². The lowest BCUT2D eigenvalue weighted by Gasteiger charge is -2.21. The van der Waals surface area contributed by atoms with Crippen LogP contribution in [0.2, 0.25) is 0 Å². The standard InChI is InChI=1S/C14H17F3N2O.ClH/c15-14(16,17)12-3-1-10(2-4-12)9-19-13(20)11-5-7-18-8-6-11;/h1-4,11,18H,5-9H2,(H,19,20);1H. The average Bonchev–Trinajstić information content (AvgIpc) is 2.45. The van der Waals surface area contributed by atoms with Crippen molar-refractivity contribution in [2.75, 3.05) is 13.1 Å². The van der Waals surface area contributed by atoms with Crippen molar-refractivity contribution in [3.05, 3.63) is 35.4 Å². The van der Waals surface area contributed by atoms with Crippen molar-refractivity contribution < 1.29 is 18.0 Å². The van der Waals surface area contributed by atoms with Gasteiger partial charge in [-0.2, -0.15) is 13.2 Å². The second-order valence-corrected chi connectivity index (χ2v) is 4.94. The summed E-state index contributed by atoms with van der Waals surface area (Å²) in [6.45, 7) is 1.93. The Morgan fingerprint density at radius 3 is 2.29 bits per heavy atom. The van der Waals surface area contributed by atoms with E-state index < -0.39 is 11.7 Å². The lowest BCUT2D eigenvalue weighted by Crippen LogP contribution is -2.37. The maximum absolute atomic E-state index is 12.4. The highest BCUT2D eigenvalue weighted by Gasteiger charge is 2.29. The molecule has 7 heteroatoms. The molecule has 1 aromatic rings. The zero-order chi connectivity index (χ0) is 14.6. The van der Waals surface area contributed by atoms with E-state index in [-0.39, 0.29) is 30.8 Å². The number of halogens is 4. The highest BCUT2D eigenvalue weighted by atomic mass is 35.5. The summed E-state index contributed by atoms with van der Waals surface area (Å²) in [6.07, 6.45) is -2.71. The Labute approximate surface area is 127 Å². The summed E-state index contributed by atoms with van der Waals surface area (Å²) < 4.78 is 37.2. The van der Waals surface area contributed by atoms with E-state index in [4.69, 9.17) is 0 Å². The summed E-state index contributed by atoms with van der Waals surface area (Å²) in [5.74, 6) is -0.0166. The van der Waals surface area contributed by atoms with Gasteiger partial charge in [-0.05, 0) is 43.6 Å². The van der Waals surface area contributed by atoms with Crippen LogP contribution >= 0.6 is 12.4 Å². The molecule has 2 rings (SSSR count). The highest BCUT2D eigenvalue weighted by molar-refractivity contribution is 5.85. The van der Waals surface area contributed by atoms with Crippen LogP contribution in [0.1, 0.15) is 24.0 Å². The van der Waals surface area contributed by atoms with Gasteiger partial charge >= 0.3 is 6.18 Å². The molecule has 0 bridgehead atoms. The number of nitrogens with one attached hydrogen (secondary N) is 2. The molecule has 1 aliphatic rings. The molecule has 0 radical (unpaired) electrons. The Balaban J connectivity index is 0.00000220. The fraction of sp³-hybridized carbons (Fsp3) is 0.500. The van der Waals surface area contributed by atoms with E-state index in [1.165, 1.54) is 12.1 Å². The Morgan fingerprint density at radius 2 is 1.76 bits per heavy atom. The van der Waals surface area contributed by atoms with Crippen LogP contribution in [-0.4, -0.2) is 19.0 Å². The quantitative estimate of drug-likeness (QED) is 0.898. The van der Waals surface area contributed by atoms with Crippen LogP contribution in [0.4, 0.5) is 13.2 Å². The number of hydrogen-bond acceptors (Lipinski definition) is 2. The zero-order valence-corrected chi connectivity index (χ0v) is 12.2. The third kappa shape index (κ3) is 5.21. The molecular weight excluding hydrogens is 305 g/mol. The monoisotopic (exact) mass is 322 g/mol. The van der Waals surface area contributed by atoms with Crippen LogP contribution in [0.15, 0.2) is 24.3 Å². The second kappa shape index (κ2) is 7.66. The van der Waals surface area contributed by atoms with Gasteiger partial charge in [-0.25, -0.2) is 0 Å². The van der Waals surface area contributed by atoms with Crippen LogP contribution in [0.5, 0.6) is 0 Å². The molecule has 0 spiro atoms. The lowest BCUT2D eigenvalue weighted by atomic mass is 9.97. The number of amides is 1. The van der Waals surface area contributed by atoms with E-state index in [2.05, 4.69) is 10.6 Å². The Morgan fingerprint density at radius 1 is 1.19 bits per heavy atom. The minimum atomic E-state index is -4.32. The fourth-order valence-corrected chi connectivity index (χ4v) is 2.23. The molecule has 1 aromatic carbocycles. The van der Waals surface area contributed by atoms with Gasteiger partial charge in [0.25, 0.3) is 0 Å². The van der Waals surface area contributed by atoms with Crippen molar-refractivity contribution >= 4 is 18.3 Å². The van der Waals surface area contributed by atoms with Gasteiger partial charge in [-0.3, -0.25) is 4.79 Å². The van der Waals surface area contributed by atoms with Crippen LogP contribution in [0.25, 0.3) is 0 Å². The molecule has 1 amide bonds. The van der Waals surface area contributed by atoms with Gasteiger partial charge in [0, 0.05) is 12.5 Å². The first kappa shape index (κ1) is 17.8. The van der Waals surface area contributed by atoms with Crippen molar-refractivity contribution in [3.63, 3.8) is 0 Å². The van der Waals surface area contributed by atoms with Crippen molar-refractivity contribution in [2.45, 2.75) is 25.6 Å². The van der Waals surface area contributed by atoms with Gasteiger partial charge in [-0.15, -0.1) is 12.4 Å².